The van der Waals surface area contributed by atoms with Crippen LogP contribution in [0, 0.1) is 17.7 Å². The first-order chi connectivity index (χ1) is 14.5. The summed E-state index contributed by atoms with van der Waals surface area (Å²) in [7, 11) is 0. The molecule has 1 aliphatic heterocycles. The molecule has 154 valence electrons. The van der Waals surface area contributed by atoms with Crippen molar-refractivity contribution in [2.45, 2.75) is 11.8 Å². The van der Waals surface area contributed by atoms with Gasteiger partial charge in [0.05, 0.1) is 11.0 Å². The Morgan fingerprint density at radius 1 is 1.17 bits per heavy atom. The SMILES string of the molecule is O=C(O)NC[C@]1(c2ccccc2F)[C@@H]2CN(c3ccc4nc(Br)ccc4n3)CC[C@@H]21. The molecule has 3 heterocycles. The molecule has 1 aromatic carbocycles. The lowest BCUT2D eigenvalue weighted by molar-refractivity contribution is 0.192. The fourth-order valence-electron chi connectivity index (χ4n) is 5.15. The van der Waals surface area contributed by atoms with Gasteiger partial charge in [0.1, 0.15) is 16.2 Å². The number of hydrogen-bond acceptors (Lipinski definition) is 4. The van der Waals surface area contributed by atoms with E-state index >= 15 is 0 Å². The molecule has 0 bridgehead atoms. The standard InChI is InChI=1S/C22H20BrFN4O2/c23-19-7-5-18-17(26-19)6-8-20(27-18)28-10-9-13-15(11-28)22(13,12-25-21(29)30)14-3-1-2-4-16(14)24/h1-8,13,15,25H,9-12H2,(H,29,30)/t13-,15+,22-/m0/s1. The number of nitrogens with zero attached hydrogens (tertiary/aromatic N) is 3. The third kappa shape index (κ3) is 3.10. The van der Waals surface area contributed by atoms with E-state index in [1.165, 1.54) is 6.07 Å². The number of rotatable bonds is 4. The Morgan fingerprint density at radius 2 is 1.93 bits per heavy atom. The van der Waals surface area contributed by atoms with Crippen molar-refractivity contribution in [3.8, 4) is 0 Å². The van der Waals surface area contributed by atoms with Crippen molar-refractivity contribution in [2.75, 3.05) is 24.5 Å². The highest BCUT2D eigenvalue weighted by atomic mass is 79.9. The van der Waals surface area contributed by atoms with Gasteiger partial charge in [-0.25, -0.2) is 19.2 Å². The molecule has 0 unspecified atom stereocenters. The molecule has 1 aliphatic carbocycles. The van der Waals surface area contributed by atoms with Gasteiger partial charge in [-0.1, -0.05) is 18.2 Å². The Morgan fingerprint density at radius 3 is 2.73 bits per heavy atom. The van der Waals surface area contributed by atoms with Crippen LogP contribution in [-0.4, -0.2) is 40.8 Å². The Labute approximate surface area is 181 Å². The molecule has 8 heteroatoms. The van der Waals surface area contributed by atoms with E-state index < -0.39 is 11.5 Å². The van der Waals surface area contributed by atoms with Gasteiger partial charge in [-0.3, -0.25) is 0 Å². The second kappa shape index (κ2) is 7.19. The van der Waals surface area contributed by atoms with Gasteiger partial charge >= 0.3 is 6.09 Å². The zero-order valence-corrected chi connectivity index (χ0v) is 17.6. The smallest absolute Gasteiger partial charge is 0.404 e. The predicted octanol–water partition coefficient (Wildman–Crippen LogP) is 4.19. The number of nitrogens with one attached hydrogen (secondary N) is 1. The van der Waals surface area contributed by atoms with Gasteiger partial charge in [0.2, 0.25) is 0 Å². The van der Waals surface area contributed by atoms with E-state index in [1.54, 1.807) is 12.1 Å². The summed E-state index contributed by atoms with van der Waals surface area (Å²) in [6, 6.07) is 14.4. The van der Waals surface area contributed by atoms with E-state index in [9.17, 15) is 9.18 Å². The predicted molar refractivity (Wildman–Crippen MR) is 115 cm³/mol. The molecule has 5 rings (SSSR count). The molecule has 3 atom stereocenters. The summed E-state index contributed by atoms with van der Waals surface area (Å²) in [6.07, 6.45) is -0.223. The fraction of sp³-hybridized carbons (Fsp3) is 0.318. The largest absolute Gasteiger partial charge is 0.465 e. The fourth-order valence-corrected chi connectivity index (χ4v) is 5.48. The van der Waals surface area contributed by atoms with Crippen LogP contribution in [0.1, 0.15) is 12.0 Å². The number of fused-ring (bicyclic) bond motifs is 2. The lowest BCUT2D eigenvalue weighted by atomic mass is 9.90. The van der Waals surface area contributed by atoms with Gasteiger partial charge in [0.15, 0.2) is 0 Å². The van der Waals surface area contributed by atoms with E-state index in [2.05, 4.69) is 31.1 Å². The molecular formula is C22H20BrFN4O2. The third-order valence-electron chi connectivity index (χ3n) is 6.55. The Kier molecular flexibility index (Phi) is 4.61. The summed E-state index contributed by atoms with van der Waals surface area (Å²) in [5, 5.41) is 11.7. The van der Waals surface area contributed by atoms with Crippen LogP contribution >= 0.6 is 15.9 Å². The minimum absolute atomic E-state index is 0.163. The summed E-state index contributed by atoms with van der Waals surface area (Å²) in [6.45, 7) is 1.73. The summed E-state index contributed by atoms with van der Waals surface area (Å²) < 4.78 is 15.5. The van der Waals surface area contributed by atoms with Gasteiger partial charge in [-0.2, -0.15) is 0 Å². The lowest BCUT2D eigenvalue weighted by Crippen LogP contribution is -2.35. The van der Waals surface area contributed by atoms with Gasteiger partial charge in [-0.05, 0) is 70.1 Å². The van der Waals surface area contributed by atoms with Crippen molar-refractivity contribution in [3.63, 3.8) is 0 Å². The number of halogens is 2. The second-order valence-corrected chi connectivity index (χ2v) is 8.78. The number of anilines is 1. The van der Waals surface area contributed by atoms with E-state index in [1.807, 2.05) is 30.3 Å². The van der Waals surface area contributed by atoms with E-state index in [-0.39, 0.29) is 24.2 Å². The first-order valence-electron chi connectivity index (χ1n) is 9.89. The topological polar surface area (TPSA) is 78.4 Å². The normalized spacial score (nSPS) is 25.1. The minimum Gasteiger partial charge on any atom is -0.465 e. The summed E-state index contributed by atoms with van der Waals surface area (Å²) >= 11 is 3.38. The van der Waals surface area contributed by atoms with Gasteiger partial charge in [0, 0.05) is 25.0 Å². The Hall–Kier alpha value is -2.74. The summed E-state index contributed by atoms with van der Waals surface area (Å²) in [4.78, 5) is 22.6. The molecular weight excluding hydrogens is 451 g/mol. The highest BCUT2D eigenvalue weighted by Gasteiger charge is 2.67. The lowest BCUT2D eigenvalue weighted by Gasteiger charge is -2.27. The molecule has 30 heavy (non-hydrogen) atoms. The number of hydrogen-bond donors (Lipinski definition) is 2. The Bertz CT molecular complexity index is 1140. The van der Waals surface area contributed by atoms with E-state index in [4.69, 9.17) is 10.1 Å². The molecule has 2 aromatic heterocycles. The van der Waals surface area contributed by atoms with Crippen molar-refractivity contribution in [1.29, 1.82) is 0 Å². The van der Waals surface area contributed by atoms with Gasteiger partial charge in [0.25, 0.3) is 0 Å². The second-order valence-electron chi connectivity index (χ2n) is 7.97. The zero-order valence-electron chi connectivity index (χ0n) is 16.1. The molecule has 3 aromatic rings. The number of piperidine rings is 1. The average molecular weight is 471 g/mol. The van der Waals surface area contributed by atoms with Crippen molar-refractivity contribution in [2.24, 2.45) is 11.8 Å². The van der Waals surface area contributed by atoms with Crippen molar-refractivity contribution < 1.29 is 14.3 Å². The molecule has 2 N–H and O–H groups in total. The molecule has 1 saturated heterocycles. The van der Waals surface area contributed by atoms with Crippen LogP contribution in [0.4, 0.5) is 15.0 Å². The quantitative estimate of drug-likeness (QED) is 0.558. The van der Waals surface area contributed by atoms with Crippen LogP contribution in [0.5, 0.6) is 0 Å². The zero-order chi connectivity index (χ0) is 20.9. The highest BCUT2D eigenvalue weighted by molar-refractivity contribution is 9.10. The molecule has 1 saturated carbocycles. The van der Waals surface area contributed by atoms with Crippen LogP contribution in [-0.2, 0) is 5.41 Å². The molecule has 6 nitrogen and oxygen atoms in total. The monoisotopic (exact) mass is 470 g/mol. The van der Waals surface area contributed by atoms with Gasteiger partial charge < -0.3 is 15.3 Å². The van der Waals surface area contributed by atoms with E-state index in [0.29, 0.717) is 12.1 Å². The van der Waals surface area contributed by atoms with Crippen LogP contribution in [0.2, 0.25) is 0 Å². The van der Waals surface area contributed by atoms with Crippen molar-refractivity contribution in [1.82, 2.24) is 15.3 Å². The van der Waals surface area contributed by atoms with Crippen molar-refractivity contribution >= 4 is 38.9 Å². The molecule has 0 spiro atoms. The molecule has 0 radical (unpaired) electrons. The average Bonchev–Trinajstić information content (AvgIpc) is 3.39. The molecule has 2 aliphatic rings. The van der Waals surface area contributed by atoms with Crippen LogP contribution in [0.25, 0.3) is 11.0 Å². The number of aromatic nitrogens is 2. The number of benzene rings is 1. The number of pyridine rings is 2. The maximum atomic E-state index is 14.7. The van der Waals surface area contributed by atoms with Gasteiger partial charge in [-0.15, -0.1) is 0 Å². The third-order valence-corrected chi connectivity index (χ3v) is 6.99. The van der Waals surface area contributed by atoms with Crippen LogP contribution in [0.15, 0.2) is 53.1 Å². The minimum atomic E-state index is -1.08. The number of carboxylic acid groups (broad SMARTS) is 1. The summed E-state index contributed by atoms with van der Waals surface area (Å²) in [5.41, 5.74) is 1.74. The number of carbonyl (C=O) groups is 1. The Balaban J connectivity index is 1.45. The molecule has 2 fully saturated rings. The van der Waals surface area contributed by atoms with Crippen LogP contribution in [0.3, 0.4) is 0 Å². The highest BCUT2D eigenvalue weighted by Crippen LogP contribution is 2.63. The van der Waals surface area contributed by atoms with Crippen LogP contribution < -0.4 is 10.2 Å². The first-order valence-corrected chi connectivity index (χ1v) is 10.7. The maximum Gasteiger partial charge on any atom is 0.404 e. The maximum absolute atomic E-state index is 14.7. The summed E-state index contributed by atoms with van der Waals surface area (Å²) in [5.74, 6) is 1.00. The van der Waals surface area contributed by atoms with Crippen molar-refractivity contribution in [3.05, 3.63) is 64.5 Å². The first kappa shape index (κ1) is 19.2. The molecule has 1 amide bonds. The van der Waals surface area contributed by atoms with E-state index in [0.717, 1.165) is 34.4 Å². The number of amides is 1.